The first kappa shape index (κ1) is 26.6. The molecule has 0 saturated carbocycles. The maximum atomic E-state index is 11.0. The van der Waals surface area contributed by atoms with E-state index < -0.39 is 8.32 Å². The highest BCUT2D eigenvalue weighted by atomic mass is 28.4. The molecule has 0 aromatic carbocycles. The van der Waals surface area contributed by atoms with Gasteiger partial charge in [-0.2, -0.15) is 0 Å². The number of methoxy groups -OCH3 is 1. The molecule has 0 bridgehead atoms. The summed E-state index contributed by atoms with van der Waals surface area (Å²) in [5.74, 6) is -0.0741. The molecule has 0 aliphatic heterocycles. The van der Waals surface area contributed by atoms with Crippen molar-refractivity contribution in [1.82, 2.24) is 0 Å². The van der Waals surface area contributed by atoms with Gasteiger partial charge in [-0.15, -0.1) is 0 Å². The minimum atomic E-state index is -1.62. The highest BCUT2D eigenvalue weighted by Crippen LogP contribution is 2.38. The topological polar surface area (TPSA) is 35.5 Å². The molecule has 0 saturated heterocycles. The van der Waals surface area contributed by atoms with Crippen LogP contribution in [-0.4, -0.2) is 27.5 Å². The van der Waals surface area contributed by atoms with Crippen molar-refractivity contribution in [3.8, 4) is 0 Å². The molecule has 0 spiro atoms. The third-order valence-electron chi connectivity index (χ3n) is 6.11. The van der Waals surface area contributed by atoms with Gasteiger partial charge in [-0.1, -0.05) is 85.5 Å². The van der Waals surface area contributed by atoms with Crippen LogP contribution in [0.2, 0.25) is 18.1 Å². The van der Waals surface area contributed by atoms with E-state index in [0.29, 0.717) is 17.6 Å². The van der Waals surface area contributed by atoms with E-state index in [4.69, 9.17) is 4.43 Å². The fourth-order valence-corrected chi connectivity index (χ4v) is 4.57. The van der Waals surface area contributed by atoms with Gasteiger partial charge in [0.1, 0.15) is 0 Å². The monoisotopic (exact) mass is 400 g/mol. The fourth-order valence-electron chi connectivity index (χ4n) is 3.10. The van der Waals surface area contributed by atoms with Gasteiger partial charge in [0.05, 0.1) is 7.11 Å². The molecule has 0 rings (SSSR count). The predicted molar refractivity (Wildman–Crippen MR) is 120 cm³/mol. The molecule has 0 heterocycles. The van der Waals surface area contributed by atoms with Crippen molar-refractivity contribution in [3.05, 3.63) is 0 Å². The zero-order chi connectivity index (χ0) is 20.8. The van der Waals surface area contributed by atoms with Crippen LogP contribution in [0.3, 0.4) is 0 Å². The Morgan fingerprint density at radius 3 is 1.70 bits per heavy atom. The molecule has 0 aromatic rings. The van der Waals surface area contributed by atoms with Gasteiger partial charge in [0.2, 0.25) is 0 Å². The minimum absolute atomic E-state index is 0.0741. The molecule has 1 atom stereocenters. The Hall–Kier alpha value is -0.353. The van der Waals surface area contributed by atoms with Gasteiger partial charge in [-0.25, -0.2) is 0 Å². The predicted octanol–water partition coefficient (Wildman–Crippen LogP) is 7.64. The summed E-state index contributed by atoms with van der Waals surface area (Å²) in [6.45, 7) is 14.0. The van der Waals surface area contributed by atoms with Crippen molar-refractivity contribution in [2.24, 2.45) is 0 Å². The molecule has 0 aromatic heterocycles. The molecule has 0 fully saturated rings. The Morgan fingerprint density at radius 2 is 1.30 bits per heavy atom. The number of rotatable bonds is 16. The zero-order valence-electron chi connectivity index (χ0n) is 19.5. The lowest BCUT2D eigenvalue weighted by molar-refractivity contribution is -0.140. The third-order valence-corrected chi connectivity index (χ3v) is 10.6. The SMILES string of the molecule is CCC(CCCCCCCCCCCCC(=O)OC)O[Si](C)(C)C(C)(C)C. The van der Waals surface area contributed by atoms with E-state index in [0.717, 1.165) is 19.3 Å². The summed E-state index contributed by atoms with van der Waals surface area (Å²) in [5.41, 5.74) is 0. The van der Waals surface area contributed by atoms with Crippen LogP contribution >= 0.6 is 0 Å². The molecule has 27 heavy (non-hydrogen) atoms. The van der Waals surface area contributed by atoms with Gasteiger partial charge in [0, 0.05) is 12.5 Å². The van der Waals surface area contributed by atoms with E-state index in [2.05, 4.69) is 45.5 Å². The number of carbonyl (C=O) groups excluding carboxylic acids is 1. The van der Waals surface area contributed by atoms with Gasteiger partial charge in [-0.3, -0.25) is 4.79 Å². The number of unbranched alkanes of at least 4 members (excludes halogenated alkanes) is 9. The van der Waals surface area contributed by atoms with Crippen LogP contribution in [-0.2, 0) is 14.0 Å². The van der Waals surface area contributed by atoms with Gasteiger partial charge in [0.15, 0.2) is 8.32 Å². The molecule has 0 aliphatic rings. The average molecular weight is 401 g/mol. The zero-order valence-corrected chi connectivity index (χ0v) is 20.5. The molecule has 162 valence electrons. The molecule has 3 nitrogen and oxygen atoms in total. The summed E-state index contributed by atoms with van der Waals surface area (Å²) in [5, 5.41) is 0.305. The van der Waals surface area contributed by atoms with Crippen LogP contribution in [0.5, 0.6) is 0 Å². The second-order valence-corrected chi connectivity index (χ2v) is 14.3. The highest BCUT2D eigenvalue weighted by molar-refractivity contribution is 6.74. The summed E-state index contributed by atoms with van der Waals surface area (Å²) in [6.07, 6.45) is 16.1. The van der Waals surface area contributed by atoms with E-state index in [1.165, 1.54) is 64.9 Å². The first-order valence-electron chi connectivity index (χ1n) is 11.4. The van der Waals surface area contributed by atoms with Crippen LogP contribution in [0.15, 0.2) is 0 Å². The summed E-state index contributed by atoms with van der Waals surface area (Å²) in [7, 11) is -0.159. The van der Waals surface area contributed by atoms with Crippen molar-refractivity contribution in [3.63, 3.8) is 0 Å². The average Bonchev–Trinajstić information content (AvgIpc) is 2.60. The normalized spacial score (nSPS) is 13.6. The second kappa shape index (κ2) is 14.6. The Morgan fingerprint density at radius 1 is 0.852 bits per heavy atom. The van der Waals surface area contributed by atoms with Crippen LogP contribution < -0.4 is 0 Å². The molecule has 1 unspecified atom stereocenters. The molecule has 4 heteroatoms. The summed E-state index contributed by atoms with van der Waals surface area (Å²) in [6, 6.07) is 0. The number of ether oxygens (including phenoxy) is 1. The molecular formula is C23H48O3Si. The minimum Gasteiger partial charge on any atom is -0.469 e. The van der Waals surface area contributed by atoms with E-state index in [1.54, 1.807) is 0 Å². The van der Waals surface area contributed by atoms with Crippen molar-refractivity contribution >= 4 is 14.3 Å². The van der Waals surface area contributed by atoms with Gasteiger partial charge in [-0.05, 0) is 37.4 Å². The largest absolute Gasteiger partial charge is 0.469 e. The van der Waals surface area contributed by atoms with Crippen LogP contribution in [0.25, 0.3) is 0 Å². The lowest BCUT2D eigenvalue weighted by Crippen LogP contribution is -2.43. The van der Waals surface area contributed by atoms with Crippen molar-refractivity contribution < 1.29 is 14.0 Å². The summed E-state index contributed by atoms with van der Waals surface area (Å²) >= 11 is 0. The standard InChI is InChI=1S/C23H48O3Si/c1-8-21(26-27(6,7)23(2,3)4)19-17-15-13-11-9-10-12-14-16-18-20-22(24)25-5/h21H,8-20H2,1-7H3. The van der Waals surface area contributed by atoms with E-state index in [9.17, 15) is 4.79 Å². The molecule has 0 N–H and O–H groups in total. The van der Waals surface area contributed by atoms with Crippen LogP contribution in [0.1, 0.15) is 111 Å². The molecule has 0 aliphatic carbocycles. The van der Waals surface area contributed by atoms with Crippen molar-refractivity contribution in [2.45, 2.75) is 135 Å². The quantitative estimate of drug-likeness (QED) is 0.152. The maximum Gasteiger partial charge on any atom is 0.305 e. The molecular weight excluding hydrogens is 352 g/mol. The smallest absolute Gasteiger partial charge is 0.305 e. The Balaban J connectivity index is 3.58. The van der Waals surface area contributed by atoms with Crippen molar-refractivity contribution in [1.29, 1.82) is 0 Å². The Labute approximate surface area is 171 Å². The molecule has 0 amide bonds. The van der Waals surface area contributed by atoms with E-state index in [1.807, 2.05) is 0 Å². The number of carbonyl (C=O) groups is 1. The first-order chi connectivity index (χ1) is 12.6. The third kappa shape index (κ3) is 13.5. The Bertz CT molecular complexity index is 374. The molecule has 0 radical (unpaired) electrons. The number of esters is 1. The summed E-state index contributed by atoms with van der Waals surface area (Å²) < 4.78 is 11.2. The maximum absolute atomic E-state index is 11.0. The highest BCUT2D eigenvalue weighted by Gasteiger charge is 2.38. The van der Waals surface area contributed by atoms with Gasteiger partial charge in [0.25, 0.3) is 0 Å². The second-order valence-electron chi connectivity index (χ2n) is 9.56. The van der Waals surface area contributed by atoms with Crippen LogP contribution in [0.4, 0.5) is 0 Å². The number of hydrogen-bond acceptors (Lipinski definition) is 3. The summed E-state index contributed by atoms with van der Waals surface area (Å²) in [4.78, 5) is 11.0. The van der Waals surface area contributed by atoms with Gasteiger partial charge < -0.3 is 9.16 Å². The first-order valence-corrected chi connectivity index (χ1v) is 14.3. The van der Waals surface area contributed by atoms with E-state index in [-0.39, 0.29) is 5.97 Å². The van der Waals surface area contributed by atoms with Gasteiger partial charge >= 0.3 is 5.97 Å². The van der Waals surface area contributed by atoms with Crippen molar-refractivity contribution in [2.75, 3.05) is 7.11 Å². The van der Waals surface area contributed by atoms with E-state index >= 15 is 0 Å². The lowest BCUT2D eigenvalue weighted by Gasteiger charge is -2.39. The Kier molecular flexibility index (Phi) is 14.4. The lowest BCUT2D eigenvalue weighted by atomic mass is 10.0. The number of hydrogen-bond donors (Lipinski definition) is 0. The fraction of sp³-hybridized carbons (Fsp3) is 0.957. The van der Waals surface area contributed by atoms with Crippen LogP contribution in [0, 0.1) is 0 Å².